The van der Waals surface area contributed by atoms with E-state index in [2.05, 4.69) is 29.4 Å². The highest BCUT2D eigenvalue weighted by molar-refractivity contribution is 6.20. The number of nitrogens with one attached hydrogen (secondary N) is 1. The van der Waals surface area contributed by atoms with Gasteiger partial charge in [-0.25, -0.2) is 0 Å². The normalized spacial score (nSPS) is 15.1. The van der Waals surface area contributed by atoms with Crippen LogP contribution in [0.5, 0.6) is 0 Å². The van der Waals surface area contributed by atoms with Crippen LogP contribution in [-0.4, -0.2) is 16.2 Å². The quantitative estimate of drug-likeness (QED) is 0.771. The topological polar surface area (TPSA) is 51.0 Å². The van der Waals surface area contributed by atoms with Gasteiger partial charge in [0.1, 0.15) is 5.38 Å². The number of halogens is 1. The lowest BCUT2D eigenvalue weighted by Crippen LogP contribution is -2.14. The van der Waals surface area contributed by atoms with Crippen LogP contribution in [0.3, 0.4) is 0 Å². The second-order valence-corrected chi connectivity index (χ2v) is 4.05. The fraction of sp³-hybridized carbons (Fsp3) is 0.778. The molecule has 0 saturated carbocycles. The number of anilines is 1. The van der Waals surface area contributed by atoms with Crippen LogP contribution in [0.4, 0.5) is 6.01 Å². The van der Waals surface area contributed by atoms with E-state index in [9.17, 15) is 0 Å². The molecule has 0 bridgehead atoms. The summed E-state index contributed by atoms with van der Waals surface area (Å²) >= 11 is 5.79. The lowest BCUT2D eigenvalue weighted by molar-refractivity contribution is 0.498. The highest BCUT2D eigenvalue weighted by Crippen LogP contribution is 2.19. The van der Waals surface area contributed by atoms with E-state index in [1.165, 1.54) is 0 Å². The van der Waals surface area contributed by atoms with Crippen LogP contribution in [0, 0.1) is 0 Å². The van der Waals surface area contributed by atoms with Crippen LogP contribution in [0.1, 0.15) is 44.9 Å². The van der Waals surface area contributed by atoms with Crippen LogP contribution >= 0.6 is 11.6 Å². The van der Waals surface area contributed by atoms with Crippen molar-refractivity contribution in [1.82, 2.24) is 10.2 Å². The van der Waals surface area contributed by atoms with Gasteiger partial charge in [-0.1, -0.05) is 18.4 Å². The number of hydrogen-bond donors (Lipinski definition) is 1. The highest BCUT2D eigenvalue weighted by atomic mass is 35.5. The van der Waals surface area contributed by atoms with E-state index in [-0.39, 0.29) is 5.38 Å². The van der Waals surface area contributed by atoms with Crippen molar-refractivity contribution in [3.63, 3.8) is 0 Å². The Morgan fingerprint density at radius 3 is 2.64 bits per heavy atom. The molecule has 0 spiro atoms. The molecule has 14 heavy (non-hydrogen) atoms. The zero-order chi connectivity index (χ0) is 10.6. The fourth-order valence-electron chi connectivity index (χ4n) is 1.17. The first-order valence-electron chi connectivity index (χ1n) is 4.87. The third-order valence-corrected chi connectivity index (χ3v) is 2.06. The number of alkyl halides is 1. The minimum atomic E-state index is -0.237. The molecule has 0 aromatic carbocycles. The maximum absolute atomic E-state index is 5.79. The lowest BCUT2D eigenvalue weighted by Gasteiger charge is -2.09. The molecule has 2 unspecified atom stereocenters. The predicted octanol–water partition coefficient (Wildman–Crippen LogP) is 2.97. The summed E-state index contributed by atoms with van der Waals surface area (Å²) in [5.41, 5.74) is 0. The van der Waals surface area contributed by atoms with Crippen molar-refractivity contribution >= 4 is 17.6 Å². The van der Waals surface area contributed by atoms with Crippen LogP contribution in [0.25, 0.3) is 0 Å². The summed E-state index contributed by atoms with van der Waals surface area (Å²) in [6.45, 7) is 6.02. The third-order valence-electron chi connectivity index (χ3n) is 1.87. The summed E-state index contributed by atoms with van der Waals surface area (Å²) in [5.74, 6) is 0.456. The molecule has 2 atom stereocenters. The van der Waals surface area contributed by atoms with Crippen LogP contribution in [0.2, 0.25) is 0 Å². The van der Waals surface area contributed by atoms with Gasteiger partial charge < -0.3 is 9.73 Å². The van der Waals surface area contributed by atoms with E-state index in [0.717, 1.165) is 12.8 Å². The SMILES string of the molecule is CCCC(C)Nc1nnc(C(C)Cl)o1. The molecular formula is C9H16ClN3O. The van der Waals surface area contributed by atoms with Crippen LogP contribution < -0.4 is 5.32 Å². The van der Waals surface area contributed by atoms with Gasteiger partial charge in [-0.15, -0.1) is 16.7 Å². The second kappa shape index (κ2) is 5.20. The molecule has 1 rings (SSSR count). The Morgan fingerprint density at radius 2 is 2.14 bits per heavy atom. The molecular weight excluding hydrogens is 202 g/mol. The summed E-state index contributed by atoms with van der Waals surface area (Å²) < 4.78 is 5.30. The van der Waals surface area contributed by atoms with Gasteiger partial charge in [0.15, 0.2) is 0 Å². The number of nitrogens with zero attached hydrogens (tertiary/aromatic N) is 2. The van der Waals surface area contributed by atoms with Gasteiger partial charge in [0.05, 0.1) is 0 Å². The molecule has 0 fully saturated rings. The Morgan fingerprint density at radius 1 is 1.43 bits per heavy atom. The molecule has 0 radical (unpaired) electrons. The molecule has 4 nitrogen and oxygen atoms in total. The van der Waals surface area contributed by atoms with E-state index in [1.54, 1.807) is 6.92 Å². The van der Waals surface area contributed by atoms with E-state index in [4.69, 9.17) is 16.0 Å². The van der Waals surface area contributed by atoms with Crippen LogP contribution in [0.15, 0.2) is 4.42 Å². The average molecular weight is 218 g/mol. The molecule has 1 aromatic rings. The number of rotatable bonds is 5. The van der Waals surface area contributed by atoms with Gasteiger partial charge in [-0.3, -0.25) is 0 Å². The van der Waals surface area contributed by atoms with Crippen molar-refractivity contribution in [2.75, 3.05) is 5.32 Å². The lowest BCUT2D eigenvalue weighted by atomic mass is 10.2. The summed E-state index contributed by atoms with van der Waals surface area (Å²) in [4.78, 5) is 0. The van der Waals surface area contributed by atoms with Gasteiger partial charge in [-0.05, 0) is 20.3 Å². The number of aromatic nitrogens is 2. The Labute approximate surface area is 89.0 Å². The van der Waals surface area contributed by atoms with Crippen LogP contribution in [-0.2, 0) is 0 Å². The fourth-order valence-corrected chi connectivity index (χ4v) is 1.26. The highest BCUT2D eigenvalue weighted by Gasteiger charge is 2.12. The molecule has 0 aliphatic rings. The van der Waals surface area contributed by atoms with Crippen molar-refractivity contribution < 1.29 is 4.42 Å². The number of hydrogen-bond acceptors (Lipinski definition) is 4. The van der Waals surface area contributed by atoms with Crippen molar-refractivity contribution in [3.05, 3.63) is 5.89 Å². The van der Waals surface area contributed by atoms with Gasteiger partial charge in [-0.2, -0.15) is 0 Å². The molecule has 1 aromatic heterocycles. The Balaban J connectivity index is 2.51. The van der Waals surface area contributed by atoms with Gasteiger partial charge in [0.25, 0.3) is 0 Å². The van der Waals surface area contributed by atoms with E-state index in [1.807, 2.05) is 0 Å². The zero-order valence-corrected chi connectivity index (χ0v) is 9.51. The third kappa shape index (κ3) is 3.18. The maximum Gasteiger partial charge on any atom is 0.315 e. The first-order chi connectivity index (χ1) is 6.63. The first-order valence-corrected chi connectivity index (χ1v) is 5.31. The predicted molar refractivity (Wildman–Crippen MR) is 56.6 cm³/mol. The molecule has 0 aliphatic heterocycles. The van der Waals surface area contributed by atoms with Gasteiger partial charge in [0.2, 0.25) is 5.89 Å². The van der Waals surface area contributed by atoms with Crippen molar-refractivity contribution in [2.24, 2.45) is 0 Å². The van der Waals surface area contributed by atoms with Crippen molar-refractivity contribution in [1.29, 1.82) is 0 Å². The standard InChI is InChI=1S/C9H16ClN3O/c1-4-5-6(2)11-9-13-12-8(14-9)7(3)10/h6-7H,4-5H2,1-3H3,(H,11,13). The summed E-state index contributed by atoms with van der Waals surface area (Å²) in [6, 6.07) is 0.799. The summed E-state index contributed by atoms with van der Waals surface area (Å²) in [6.07, 6.45) is 2.20. The summed E-state index contributed by atoms with van der Waals surface area (Å²) in [7, 11) is 0. The average Bonchev–Trinajstić information content (AvgIpc) is 2.53. The largest absolute Gasteiger partial charge is 0.406 e. The Bertz CT molecular complexity index is 275. The van der Waals surface area contributed by atoms with Crippen molar-refractivity contribution in [3.8, 4) is 0 Å². The molecule has 0 aliphatic carbocycles. The van der Waals surface area contributed by atoms with Gasteiger partial charge >= 0.3 is 6.01 Å². The molecule has 0 amide bonds. The molecule has 1 N–H and O–H groups in total. The monoisotopic (exact) mass is 217 g/mol. The Kier molecular flexibility index (Phi) is 4.20. The van der Waals surface area contributed by atoms with E-state index >= 15 is 0 Å². The molecule has 80 valence electrons. The molecule has 5 heteroatoms. The zero-order valence-electron chi connectivity index (χ0n) is 8.75. The minimum Gasteiger partial charge on any atom is -0.406 e. The molecule has 1 heterocycles. The summed E-state index contributed by atoms with van der Waals surface area (Å²) in [5, 5.41) is 10.5. The minimum absolute atomic E-state index is 0.237. The van der Waals surface area contributed by atoms with E-state index in [0.29, 0.717) is 17.9 Å². The smallest absolute Gasteiger partial charge is 0.315 e. The van der Waals surface area contributed by atoms with E-state index < -0.39 is 0 Å². The van der Waals surface area contributed by atoms with Crippen molar-refractivity contribution in [2.45, 2.75) is 45.0 Å². The van der Waals surface area contributed by atoms with Gasteiger partial charge in [0, 0.05) is 6.04 Å². The first kappa shape index (κ1) is 11.3. The maximum atomic E-state index is 5.79. The second-order valence-electron chi connectivity index (χ2n) is 3.40. The Hall–Kier alpha value is -0.770. The molecule has 0 saturated heterocycles.